The Hall–Kier alpha value is -1.89. The van der Waals surface area contributed by atoms with Crippen molar-refractivity contribution in [3.8, 4) is 11.5 Å². The van der Waals surface area contributed by atoms with Crippen molar-refractivity contribution >= 4 is 17.7 Å². The van der Waals surface area contributed by atoms with Crippen LogP contribution in [-0.2, 0) is 0 Å². The normalized spacial score (nSPS) is 17.1. The molecule has 0 unspecified atom stereocenters. The first-order valence-electron chi connectivity index (χ1n) is 9.94. The number of anilines is 1. The van der Waals surface area contributed by atoms with E-state index >= 15 is 0 Å². The molecule has 2 aromatic rings. The van der Waals surface area contributed by atoms with Gasteiger partial charge in [-0.05, 0) is 62.8 Å². The van der Waals surface area contributed by atoms with Crippen LogP contribution in [-0.4, -0.2) is 47.3 Å². The van der Waals surface area contributed by atoms with Crippen molar-refractivity contribution in [2.24, 2.45) is 0 Å². The molecule has 1 aliphatic heterocycles. The molecule has 6 nitrogen and oxygen atoms in total. The molecule has 27 heavy (non-hydrogen) atoms. The van der Waals surface area contributed by atoms with Gasteiger partial charge in [0.05, 0.1) is 13.7 Å². The van der Waals surface area contributed by atoms with Crippen molar-refractivity contribution in [3.05, 3.63) is 24.3 Å². The average Bonchev–Trinajstić information content (AvgIpc) is 3.48. The Morgan fingerprint density at radius 3 is 2.48 bits per heavy atom. The molecular weight excluding hydrogens is 360 g/mol. The number of hydrogen-bond donors (Lipinski definition) is 0. The predicted octanol–water partition coefficient (Wildman–Crippen LogP) is 4.17. The summed E-state index contributed by atoms with van der Waals surface area (Å²) in [5.41, 5.74) is 0. The van der Waals surface area contributed by atoms with Gasteiger partial charge in [0.25, 0.3) is 0 Å². The molecule has 0 amide bonds. The number of ether oxygens (including phenoxy) is 2. The fourth-order valence-electron chi connectivity index (χ4n) is 3.41. The number of methoxy groups -OCH3 is 1. The van der Waals surface area contributed by atoms with Gasteiger partial charge in [-0.1, -0.05) is 11.8 Å². The largest absolute Gasteiger partial charge is 0.497 e. The number of nitrogens with zero attached hydrogens (tertiary/aromatic N) is 4. The topological polar surface area (TPSA) is 52.4 Å². The van der Waals surface area contributed by atoms with E-state index in [0.29, 0.717) is 12.6 Å². The zero-order valence-electron chi connectivity index (χ0n) is 16.0. The molecule has 146 valence electrons. The summed E-state index contributed by atoms with van der Waals surface area (Å²) < 4.78 is 13.4. The van der Waals surface area contributed by atoms with Crippen LogP contribution >= 0.6 is 11.8 Å². The van der Waals surface area contributed by atoms with Crippen molar-refractivity contribution in [1.82, 2.24) is 14.8 Å². The molecule has 1 aromatic heterocycles. The molecule has 0 spiro atoms. The van der Waals surface area contributed by atoms with E-state index in [4.69, 9.17) is 9.47 Å². The van der Waals surface area contributed by atoms with Gasteiger partial charge >= 0.3 is 0 Å². The molecule has 0 bridgehead atoms. The maximum atomic E-state index is 5.81. The molecule has 1 saturated heterocycles. The minimum absolute atomic E-state index is 0.606. The van der Waals surface area contributed by atoms with E-state index in [0.717, 1.165) is 47.9 Å². The van der Waals surface area contributed by atoms with Crippen LogP contribution in [0, 0.1) is 0 Å². The Bertz CT molecular complexity index is 724. The van der Waals surface area contributed by atoms with Crippen molar-refractivity contribution in [3.63, 3.8) is 0 Å². The van der Waals surface area contributed by atoms with E-state index in [1.807, 2.05) is 24.3 Å². The van der Waals surface area contributed by atoms with Gasteiger partial charge in [0, 0.05) is 24.9 Å². The van der Waals surface area contributed by atoms with Crippen LogP contribution in [0.2, 0.25) is 0 Å². The summed E-state index contributed by atoms with van der Waals surface area (Å²) in [7, 11) is 1.67. The Kier molecular flexibility index (Phi) is 6.07. The molecule has 7 heteroatoms. The van der Waals surface area contributed by atoms with Crippen molar-refractivity contribution in [2.45, 2.75) is 49.7 Å². The lowest BCUT2D eigenvalue weighted by atomic mass is 10.1. The third-order valence-corrected chi connectivity index (χ3v) is 6.07. The number of thioether (sulfide) groups is 1. The maximum absolute atomic E-state index is 5.81. The summed E-state index contributed by atoms with van der Waals surface area (Å²) in [5.74, 6) is 3.81. The van der Waals surface area contributed by atoms with Crippen LogP contribution < -0.4 is 14.4 Å². The number of hydrogen-bond acceptors (Lipinski definition) is 6. The zero-order valence-corrected chi connectivity index (χ0v) is 16.8. The fourth-order valence-corrected chi connectivity index (χ4v) is 4.33. The standard InChI is InChI=1S/C20H28N4O2S/c1-25-17-8-10-18(11-9-17)26-14-5-15-27-20-22-21-19(24(20)16-6-7-16)23-12-3-2-4-13-23/h8-11,16H,2-7,12-15H2,1H3. The molecule has 0 N–H and O–H groups in total. The Labute approximate surface area is 165 Å². The van der Waals surface area contributed by atoms with Gasteiger partial charge in [-0.3, -0.25) is 4.57 Å². The molecule has 2 fully saturated rings. The zero-order chi connectivity index (χ0) is 18.5. The highest BCUT2D eigenvalue weighted by Gasteiger charge is 2.31. The number of piperidine rings is 1. The van der Waals surface area contributed by atoms with E-state index < -0.39 is 0 Å². The molecule has 1 saturated carbocycles. The van der Waals surface area contributed by atoms with E-state index in [-0.39, 0.29) is 0 Å². The third-order valence-electron chi connectivity index (χ3n) is 5.05. The van der Waals surface area contributed by atoms with Gasteiger partial charge in [-0.25, -0.2) is 0 Å². The van der Waals surface area contributed by atoms with Crippen LogP contribution in [0.3, 0.4) is 0 Å². The molecule has 0 radical (unpaired) electrons. The number of aromatic nitrogens is 3. The summed E-state index contributed by atoms with van der Waals surface area (Å²) in [4.78, 5) is 2.42. The van der Waals surface area contributed by atoms with Gasteiger partial charge in [-0.2, -0.15) is 0 Å². The smallest absolute Gasteiger partial charge is 0.228 e. The minimum Gasteiger partial charge on any atom is -0.497 e. The summed E-state index contributed by atoms with van der Waals surface area (Å²) in [6.45, 7) is 2.94. The van der Waals surface area contributed by atoms with Crippen LogP contribution in [0.15, 0.2) is 29.4 Å². The number of rotatable bonds is 9. The second-order valence-corrected chi connectivity index (χ2v) is 8.22. The van der Waals surface area contributed by atoms with Crippen molar-refractivity contribution < 1.29 is 9.47 Å². The molecule has 1 aliphatic carbocycles. The van der Waals surface area contributed by atoms with Gasteiger partial charge < -0.3 is 14.4 Å². The second-order valence-electron chi connectivity index (χ2n) is 7.16. The number of benzene rings is 1. The fraction of sp³-hybridized carbons (Fsp3) is 0.600. The highest BCUT2D eigenvalue weighted by molar-refractivity contribution is 7.99. The highest BCUT2D eigenvalue weighted by atomic mass is 32.2. The van der Waals surface area contributed by atoms with Crippen LogP contribution in [0.25, 0.3) is 0 Å². The summed E-state index contributed by atoms with van der Waals surface area (Å²) in [6.07, 6.45) is 7.36. The van der Waals surface area contributed by atoms with Gasteiger partial charge in [0.2, 0.25) is 5.95 Å². The van der Waals surface area contributed by atoms with E-state index in [2.05, 4.69) is 19.7 Å². The second kappa shape index (κ2) is 8.87. The van der Waals surface area contributed by atoms with Crippen LogP contribution in [0.5, 0.6) is 11.5 Å². The Morgan fingerprint density at radius 2 is 1.78 bits per heavy atom. The lowest BCUT2D eigenvalue weighted by molar-refractivity contribution is 0.318. The summed E-state index contributed by atoms with van der Waals surface area (Å²) >= 11 is 1.80. The lowest BCUT2D eigenvalue weighted by Gasteiger charge is -2.27. The minimum atomic E-state index is 0.606. The van der Waals surface area contributed by atoms with Crippen molar-refractivity contribution in [1.29, 1.82) is 0 Å². The highest BCUT2D eigenvalue weighted by Crippen LogP contribution is 2.41. The first kappa shape index (κ1) is 18.5. The SMILES string of the molecule is COc1ccc(OCCCSc2nnc(N3CCCCC3)n2C2CC2)cc1. The first-order valence-corrected chi connectivity index (χ1v) is 10.9. The first-order chi connectivity index (χ1) is 13.3. The van der Waals surface area contributed by atoms with Crippen LogP contribution in [0.1, 0.15) is 44.6 Å². The molecule has 0 atom stereocenters. The van der Waals surface area contributed by atoms with Gasteiger partial charge in [0.15, 0.2) is 5.16 Å². The Balaban J connectivity index is 1.27. The predicted molar refractivity (Wildman–Crippen MR) is 108 cm³/mol. The molecule has 2 aliphatic rings. The molecular formula is C20H28N4O2S. The van der Waals surface area contributed by atoms with Gasteiger partial charge in [-0.15, -0.1) is 10.2 Å². The average molecular weight is 389 g/mol. The molecule has 2 heterocycles. The van der Waals surface area contributed by atoms with E-state index in [1.165, 1.54) is 32.1 Å². The third kappa shape index (κ3) is 4.69. The van der Waals surface area contributed by atoms with Gasteiger partial charge in [0.1, 0.15) is 11.5 Å². The lowest BCUT2D eigenvalue weighted by Crippen LogP contribution is -2.31. The monoisotopic (exact) mass is 388 g/mol. The quantitative estimate of drug-likeness (QED) is 0.475. The summed E-state index contributed by atoms with van der Waals surface area (Å²) in [6, 6.07) is 8.34. The Morgan fingerprint density at radius 1 is 1.04 bits per heavy atom. The van der Waals surface area contributed by atoms with E-state index in [9.17, 15) is 0 Å². The van der Waals surface area contributed by atoms with Crippen molar-refractivity contribution in [2.75, 3.05) is 37.5 Å². The summed E-state index contributed by atoms with van der Waals surface area (Å²) in [5, 5.41) is 10.1. The molecule has 1 aromatic carbocycles. The van der Waals surface area contributed by atoms with E-state index in [1.54, 1.807) is 18.9 Å². The van der Waals surface area contributed by atoms with Crippen LogP contribution in [0.4, 0.5) is 5.95 Å². The molecule has 4 rings (SSSR count). The maximum Gasteiger partial charge on any atom is 0.228 e.